The Morgan fingerprint density at radius 3 is 1.76 bits per heavy atom. The van der Waals surface area contributed by atoms with Crippen molar-refractivity contribution >= 4 is 0 Å². The standard InChI is InChI=1S/C20H35N/c1-18-14-15-20(19(2)17-18)13-11-9-7-5-3-4-6-8-10-12-16-21/h14-15,17H,3-13,16,21H2,1-2H3. The van der Waals surface area contributed by atoms with Gasteiger partial charge in [0.2, 0.25) is 0 Å². The van der Waals surface area contributed by atoms with Gasteiger partial charge in [-0.1, -0.05) is 75.1 Å². The Balaban J connectivity index is 1.93. The molecule has 1 nitrogen and oxygen atoms in total. The summed E-state index contributed by atoms with van der Waals surface area (Å²) in [6.45, 7) is 5.28. The Labute approximate surface area is 132 Å². The number of aryl methyl sites for hydroxylation is 3. The van der Waals surface area contributed by atoms with E-state index in [4.69, 9.17) is 5.73 Å². The molecular formula is C20H35N. The summed E-state index contributed by atoms with van der Waals surface area (Å²) in [5, 5.41) is 0. The minimum atomic E-state index is 0.862. The first kappa shape index (κ1) is 18.2. The van der Waals surface area contributed by atoms with Gasteiger partial charge in [-0.2, -0.15) is 0 Å². The molecule has 0 aliphatic heterocycles. The highest BCUT2D eigenvalue weighted by atomic mass is 14.5. The zero-order valence-electron chi connectivity index (χ0n) is 14.3. The lowest BCUT2D eigenvalue weighted by Gasteiger charge is -2.07. The molecule has 0 aromatic heterocycles. The van der Waals surface area contributed by atoms with Crippen LogP contribution in [-0.2, 0) is 6.42 Å². The largest absolute Gasteiger partial charge is 0.330 e. The fraction of sp³-hybridized carbons (Fsp3) is 0.700. The summed E-state index contributed by atoms with van der Waals surface area (Å²) in [6, 6.07) is 6.86. The number of nitrogens with two attached hydrogens (primary N) is 1. The number of benzene rings is 1. The van der Waals surface area contributed by atoms with Gasteiger partial charge in [-0.15, -0.1) is 0 Å². The van der Waals surface area contributed by atoms with Crippen molar-refractivity contribution in [3.05, 3.63) is 34.9 Å². The van der Waals surface area contributed by atoms with Gasteiger partial charge in [0.15, 0.2) is 0 Å². The van der Waals surface area contributed by atoms with E-state index in [1.54, 1.807) is 5.56 Å². The minimum Gasteiger partial charge on any atom is -0.330 e. The molecule has 0 fully saturated rings. The van der Waals surface area contributed by atoms with E-state index in [0.717, 1.165) is 6.54 Å². The molecule has 1 aromatic rings. The molecule has 0 heterocycles. The molecule has 1 heteroatoms. The maximum atomic E-state index is 5.50. The van der Waals surface area contributed by atoms with Crippen LogP contribution in [0, 0.1) is 13.8 Å². The monoisotopic (exact) mass is 289 g/mol. The van der Waals surface area contributed by atoms with E-state index >= 15 is 0 Å². The first-order valence-electron chi connectivity index (χ1n) is 9.00. The fourth-order valence-electron chi connectivity index (χ4n) is 3.00. The van der Waals surface area contributed by atoms with Gasteiger partial charge < -0.3 is 5.73 Å². The summed E-state index contributed by atoms with van der Waals surface area (Å²) >= 11 is 0. The van der Waals surface area contributed by atoms with Gasteiger partial charge in [0, 0.05) is 0 Å². The molecule has 1 rings (SSSR count). The number of hydrogen-bond donors (Lipinski definition) is 1. The molecule has 2 N–H and O–H groups in total. The summed E-state index contributed by atoms with van der Waals surface area (Å²) < 4.78 is 0. The number of unbranched alkanes of at least 4 members (excludes halogenated alkanes) is 9. The zero-order valence-corrected chi connectivity index (χ0v) is 14.3. The quantitative estimate of drug-likeness (QED) is 0.490. The van der Waals surface area contributed by atoms with Crippen molar-refractivity contribution in [2.24, 2.45) is 5.73 Å². The van der Waals surface area contributed by atoms with E-state index in [1.165, 1.54) is 81.8 Å². The smallest absolute Gasteiger partial charge is 0.00773 e. The third kappa shape index (κ3) is 8.93. The van der Waals surface area contributed by atoms with Gasteiger partial charge in [0.05, 0.1) is 0 Å². The van der Waals surface area contributed by atoms with Crippen molar-refractivity contribution in [3.63, 3.8) is 0 Å². The number of hydrogen-bond acceptors (Lipinski definition) is 1. The van der Waals surface area contributed by atoms with Crippen LogP contribution in [0.15, 0.2) is 18.2 Å². The Kier molecular flexibility index (Phi) is 10.2. The molecule has 21 heavy (non-hydrogen) atoms. The van der Waals surface area contributed by atoms with Crippen LogP contribution in [0.25, 0.3) is 0 Å². The lowest BCUT2D eigenvalue weighted by atomic mass is 9.99. The first-order valence-corrected chi connectivity index (χ1v) is 9.00. The molecule has 0 saturated heterocycles. The molecule has 0 spiro atoms. The fourth-order valence-corrected chi connectivity index (χ4v) is 3.00. The third-order valence-electron chi connectivity index (χ3n) is 4.40. The van der Waals surface area contributed by atoms with E-state index in [1.807, 2.05) is 0 Å². The molecular weight excluding hydrogens is 254 g/mol. The lowest BCUT2D eigenvalue weighted by Crippen LogP contribution is -1.97. The van der Waals surface area contributed by atoms with Crippen molar-refractivity contribution in [2.75, 3.05) is 6.54 Å². The maximum absolute atomic E-state index is 5.50. The summed E-state index contributed by atoms with van der Waals surface area (Å²) in [7, 11) is 0. The normalized spacial score (nSPS) is 11.0. The van der Waals surface area contributed by atoms with Gasteiger partial charge in [-0.05, 0) is 50.8 Å². The highest BCUT2D eigenvalue weighted by Crippen LogP contribution is 2.15. The van der Waals surface area contributed by atoms with Crippen LogP contribution in [0.5, 0.6) is 0 Å². The average molecular weight is 290 g/mol. The van der Waals surface area contributed by atoms with Crippen LogP contribution in [-0.4, -0.2) is 6.54 Å². The molecule has 0 radical (unpaired) electrons. The summed E-state index contributed by atoms with van der Waals surface area (Å²) in [4.78, 5) is 0. The Morgan fingerprint density at radius 1 is 0.714 bits per heavy atom. The second-order valence-electron chi connectivity index (χ2n) is 6.50. The second-order valence-corrected chi connectivity index (χ2v) is 6.50. The van der Waals surface area contributed by atoms with Crippen molar-refractivity contribution in [3.8, 4) is 0 Å². The van der Waals surface area contributed by atoms with E-state index in [2.05, 4.69) is 32.0 Å². The van der Waals surface area contributed by atoms with Crippen LogP contribution in [0.4, 0.5) is 0 Å². The number of rotatable bonds is 12. The van der Waals surface area contributed by atoms with Crippen molar-refractivity contribution in [1.82, 2.24) is 0 Å². The Hall–Kier alpha value is -0.820. The van der Waals surface area contributed by atoms with Crippen LogP contribution in [0.3, 0.4) is 0 Å². The Bertz CT molecular complexity index is 370. The molecule has 1 aromatic carbocycles. The van der Waals surface area contributed by atoms with E-state index in [9.17, 15) is 0 Å². The van der Waals surface area contributed by atoms with Crippen LogP contribution in [0.1, 0.15) is 80.9 Å². The predicted octanol–water partition coefficient (Wildman–Crippen LogP) is 5.71. The average Bonchev–Trinajstić information content (AvgIpc) is 2.46. The highest BCUT2D eigenvalue weighted by Gasteiger charge is 1.99. The van der Waals surface area contributed by atoms with E-state index < -0.39 is 0 Å². The molecule has 0 atom stereocenters. The first-order chi connectivity index (χ1) is 10.2. The zero-order chi connectivity index (χ0) is 15.3. The molecule has 0 saturated carbocycles. The van der Waals surface area contributed by atoms with Gasteiger partial charge in [0.1, 0.15) is 0 Å². The Morgan fingerprint density at radius 2 is 1.24 bits per heavy atom. The van der Waals surface area contributed by atoms with E-state index in [-0.39, 0.29) is 0 Å². The second kappa shape index (κ2) is 11.8. The van der Waals surface area contributed by atoms with Crippen molar-refractivity contribution in [1.29, 1.82) is 0 Å². The van der Waals surface area contributed by atoms with Crippen LogP contribution in [0.2, 0.25) is 0 Å². The predicted molar refractivity (Wildman–Crippen MR) is 94.8 cm³/mol. The minimum absolute atomic E-state index is 0.862. The lowest BCUT2D eigenvalue weighted by molar-refractivity contribution is 0.552. The van der Waals surface area contributed by atoms with E-state index in [0.29, 0.717) is 0 Å². The maximum Gasteiger partial charge on any atom is -0.00773 e. The molecule has 0 aliphatic carbocycles. The molecule has 0 bridgehead atoms. The van der Waals surface area contributed by atoms with Gasteiger partial charge >= 0.3 is 0 Å². The topological polar surface area (TPSA) is 26.0 Å². The van der Waals surface area contributed by atoms with Crippen LogP contribution >= 0.6 is 0 Å². The SMILES string of the molecule is Cc1ccc(CCCCCCCCCCCCN)c(C)c1. The van der Waals surface area contributed by atoms with Crippen molar-refractivity contribution < 1.29 is 0 Å². The highest BCUT2D eigenvalue weighted by molar-refractivity contribution is 5.30. The molecule has 120 valence electrons. The third-order valence-corrected chi connectivity index (χ3v) is 4.40. The molecule has 0 amide bonds. The van der Waals surface area contributed by atoms with Crippen molar-refractivity contribution in [2.45, 2.75) is 84.5 Å². The van der Waals surface area contributed by atoms with Gasteiger partial charge in [-0.25, -0.2) is 0 Å². The molecule has 0 aliphatic rings. The molecule has 0 unspecified atom stereocenters. The summed E-state index contributed by atoms with van der Waals surface area (Å²) in [5.41, 5.74) is 9.88. The van der Waals surface area contributed by atoms with Gasteiger partial charge in [-0.3, -0.25) is 0 Å². The summed E-state index contributed by atoms with van der Waals surface area (Å²) in [5.74, 6) is 0. The van der Waals surface area contributed by atoms with Crippen LogP contribution < -0.4 is 5.73 Å². The van der Waals surface area contributed by atoms with Gasteiger partial charge in [0.25, 0.3) is 0 Å². The summed E-state index contributed by atoms with van der Waals surface area (Å²) in [6.07, 6.45) is 15.0.